The number of nitrogens with zero attached hydrogens (tertiary/aromatic N) is 1. The molecule has 3 rings (SSSR count). The molecule has 0 radical (unpaired) electrons. The van der Waals surface area contributed by atoms with Crippen molar-refractivity contribution in [3.8, 4) is 0 Å². The van der Waals surface area contributed by atoms with Gasteiger partial charge in [-0.05, 0) is 57.5 Å². The lowest BCUT2D eigenvalue weighted by atomic mass is 9.77. The highest BCUT2D eigenvalue weighted by Gasteiger charge is 2.38. The van der Waals surface area contributed by atoms with Gasteiger partial charge in [-0.25, -0.2) is 0 Å². The summed E-state index contributed by atoms with van der Waals surface area (Å²) in [6.07, 6.45) is 11.7. The molecule has 0 aromatic heterocycles. The zero-order valence-corrected chi connectivity index (χ0v) is 11.3. The van der Waals surface area contributed by atoms with Gasteiger partial charge in [0.1, 0.15) is 0 Å². The first-order valence-electron chi connectivity index (χ1n) is 7.87. The Bertz CT molecular complexity index is 243. The molecular formula is C15H28N2. The second-order valence-electron chi connectivity index (χ2n) is 6.36. The molecule has 3 aliphatic rings. The highest BCUT2D eigenvalue weighted by atomic mass is 15.2. The van der Waals surface area contributed by atoms with Crippen LogP contribution in [0.25, 0.3) is 0 Å². The van der Waals surface area contributed by atoms with Gasteiger partial charge in [0.05, 0.1) is 0 Å². The minimum Gasteiger partial charge on any atom is -0.314 e. The average molecular weight is 236 g/mol. The monoisotopic (exact) mass is 236 g/mol. The predicted octanol–water partition coefficient (Wildman–Crippen LogP) is 2.78. The van der Waals surface area contributed by atoms with E-state index in [1.54, 1.807) is 0 Å². The fourth-order valence-corrected chi connectivity index (χ4v) is 3.83. The lowest BCUT2D eigenvalue weighted by Gasteiger charge is -2.47. The molecule has 17 heavy (non-hydrogen) atoms. The van der Waals surface area contributed by atoms with Gasteiger partial charge < -0.3 is 5.32 Å². The maximum atomic E-state index is 3.73. The number of hydrogen-bond donors (Lipinski definition) is 1. The van der Waals surface area contributed by atoms with Gasteiger partial charge in [0, 0.05) is 18.1 Å². The Labute approximate surface area is 106 Å². The molecule has 0 heterocycles. The van der Waals surface area contributed by atoms with Crippen molar-refractivity contribution in [1.29, 1.82) is 0 Å². The van der Waals surface area contributed by atoms with Gasteiger partial charge in [-0.1, -0.05) is 19.8 Å². The summed E-state index contributed by atoms with van der Waals surface area (Å²) in [7, 11) is 0. The van der Waals surface area contributed by atoms with E-state index in [-0.39, 0.29) is 0 Å². The lowest BCUT2D eigenvalue weighted by Crippen LogP contribution is -2.53. The summed E-state index contributed by atoms with van der Waals surface area (Å²) >= 11 is 0. The third kappa shape index (κ3) is 2.68. The van der Waals surface area contributed by atoms with Gasteiger partial charge in [-0.15, -0.1) is 0 Å². The van der Waals surface area contributed by atoms with Crippen LogP contribution in [0.5, 0.6) is 0 Å². The molecule has 2 unspecified atom stereocenters. The maximum Gasteiger partial charge on any atom is 0.0139 e. The van der Waals surface area contributed by atoms with E-state index < -0.39 is 0 Å². The first kappa shape index (κ1) is 12.0. The second kappa shape index (κ2) is 5.27. The third-order valence-corrected chi connectivity index (χ3v) is 5.21. The van der Waals surface area contributed by atoms with Gasteiger partial charge in [0.2, 0.25) is 0 Å². The van der Waals surface area contributed by atoms with E-state index in [9.17, 15) is 0 Å². The van der Waals surface area contributed by atoms with Gasteiger partial charge in [0.15, 0.2) is 0 Å². The second-order valence-corrected chi connectivity index (χ2v) is 6.36. The molecule has 0 aromatic carbocycles. The van der Waals surface area contributed by atoms with Crippen molar-refractivity contribution >= 4 is 0 Å². The van der Waals surface area contributed by atoms with Crippen LogP contribution in [-0.4, -0.2) is 36.1 Å². The molecule has 0 saturated heterocycles. The summed E-state index contributed by atoms with van der Waals surface area (Å²) in [6.45, 7) is 4.93. The first-order chi connectivity index (χ1) is 8.38. The fourth-order valence-electron chi connectivity index (χ4n) is 3.83. The van der Waals surface area contributed by atoms with E-state index >= 15 is 0 Å². The molecule has 3 aliphatic carbocycles. The van der Waals surface area contributed by atoms with Crippen LogP contribution in [0, 0.1) is 5.92 Å². The molecule has 2 atom stereocenters. The van der Waals surface area contributed by atoms with E-state index in [1.807, 2.05) is 0 Å². The summed E-state index contributed by atoms with van der Waals surface area (Å²) in [5, 5.41) is 3.73. The largest absolute Gasteiger partial charge is 0.314 e. The van der Waals surface area contributed by atoms with Crippen molar-refractivity contribution in [3.63, 3.8) is 0 Å². The topological polar surface area (TPSA) is 15.3 Å². The standard InChI is InChI=1S/C15H28N2/c1-2-17(14-5-3-4-6-14)15-10-7-12(15)11-16-13-8-9-13/h12-16H,2-11H2,1H3. The quantitative estimate of drug-likeness (QED) is 0.763. The molecule has 3 fully saturated rings. The molecule has 0 aromatic rings. The van der Waals surface area contributed by atoms with Crippen LogP contribution in [0.1, 0.15) is 58.3 Å². The van der Waals surface area contributed by atoms with Crippen molar-refractivity contribution < 1.29 is 0 Å². The van der Waals surface area contributed by atoms with Crippen LogP contribution in [0.3, 0.4) is 0 Å². The van der Waals surface area contributed by atoms with Crippen molar-refractivity contribution in [2.75, 3.05) is 13.1 Å². The number of hydrogen-bond acceptors (Lipinski definition) is 2. The van der Waals surface area contributed by atoms with Crippen LogP contribution in [0.15, 0.2) is 0 Å². The molecule has 98 valence electrons. The van der Waals surface area contributed by atoms with Gasteiger partial charge in [-0.2, -0.15) is 0 Å². The zero-order valence-electron chi connectivity index (χ0n) is 11.3. The number of rotatable bonds is 6. The Morgan fingerprint density at radius 1 is 1.00 bits per heavy atom. The van der Waals surface area contributed by atoms with Crippen molar-refractivity contribution in [3.05, 3.63) is 0 Å². The smallest absolute Gasteiger partial charge is 0.0139 e. The van der Waals surface area contributed by atoms with Gasteiger partial charge in [0.25, 0.3) is 0 Å². The molecule has 1 N–H and O–H groups in total. The van der Waals surface area contributed by atoms with E-state index in [4.69, 9.17) is 0 Å². The molecule has 0 aliphatic heterocycles. The summed E-state index contributed by atoms with van der Waals surface area (Å²) in [5.74, 6) is 0.955. The van der Waals surface area contributed by atoms with Crippen LogP contribution in [0.4, 0.5) is 0 Å². The Balaban J connectivity index is 1.50. The zero-order chi connectivity index (χ0) is 11.7. The maximum absolute atomic E-state index is 3.73. The fraction of sp³-hybridized carbons (Fsp3) is 1.00. The molecule has 3 saturated carbocycles. The molecule has 2 heteroatoms. The molecule has 0 bridgehead atoms. The Morgan fingerprint density at radius 2 is 1.76 bits per heavy atom. The Kier molecular flexibility index (Phi) is 3.72. The normalized spacial score (nSPS) is 34.2. The van der Waals surface area contributed by atoms with Crippen molar-refractivity contribution in [2.45, 2.75) is 76.4 Å². The molecule has 0 spiro atoms. The molecule has 2 nitrogen and oxygen atoms in total. The van der Waals surface area contributed by atoms with Gasteiger partial charge in [-0.3, -0.25) is 4.90 Å². The SMILES string of the molecule is CCN(C1CCCC1)C1CCC1CNC1CC1. The summed E-state index contributed by atoms with van der Waals surface area (Å²) < 4.78 is 0. The summed E-state index contributed by atoms with van der Waals surface area (Å²) in [5.41, 5.74) is 0. The first-order valence-corrected chi connectivity index (χ1v) is 7.87. The average Bonchev–Trinajstić information content (AvgIpc) is 2.97. The minimum absolute atomic E-state index is 0.887. The lowest BCUT2D eigenvalue weighted by molar-refractivity contribution is 0.0330. The highest BCUT2D eigenvalue weighted by Crippen LogP contribution is 2.36. The van der Waals surface area contributed by atoms with Crippen LogP contribution >= 0.6 is 0 Å². The highest BCUT2D eigenvalue weighted by molar-refractivity contribution is 4.94. The van der Waals surface area contributed by atoms with E-state index in [1.165, 1.54) is 64.5 Å². The van der Waals surface area contributed by atoms with E-state index in [0.717, 1.165) is 24.0 Å². The summed E-state index contributed by atoms with van der Waals surface area (Å²) in [6, 6.07) is 2.72. The van der Waals surface area contributed by atoms with Crippen LogP contribution in [-0.2, 0) is 0 Å². The third-order valence-electron chi connectivity index (χ3n) is 5.21. The van der Waals surface area contributed by atoms with Crippen molar-refractivity contribution in [2.24, 2.45) is 5.92 Å². The van der Waals surface area contributed by atoms with Crippen LogP contribution < -0.4 is 5.32 Å². The molecule has 0 amide bonds. The van der Waals surface area contributed by atoms with Crippen molar-refractivity contribution in [1.82, 2.24) is 10.2 Å². The Hall–Kier alpha value is -0.0800. The van der Waals surface area contributed by atoms with Gasteiger partial charge >= 0.3 is 0 Å². The molecular weight excluding hydrogens is 208 g/mol. The van der Waals surface area contributed by atoms with E-state index in [0.29, 0.717) is 0 Å². The minimum atomic E-state index is 0.887. The summed E-state index contributed by atoms with van der Waals surface area (Å²) in [4.78, 5) is 2.84. The van der Waals surface area contributed by atoms with Crippen LogP contribution in [0.2, 0.25) is 0 Å². The predicted molar refractivity (Wildman–Crippen MR) is 72.2 cm³/mol. The number of nitrogens with one attached hydrogen (secondary N) is 1. The van der Waals surface area contributed by atoms with E-state index in [2.05, 4.69) is 17.1 Å². The Morgan fingerprint density at radius 3 is 2.29 bits per heavy atom.